The minimum absolute atomic E-state index is 0.0885. The molecule has 0 radical (unpaired) electrons. The molecule has 154 valence electrons. The predicted molar refractivity (Wildman–Crippen MR) is 101 cm³/mol. The van der Waals surface area contributed by atoms with E-state index in [4.69, 9.17) is 0 Å². The van der Waals surface area contributed by atoms with Crippen LogP contribution in [-0.2, 0) is 28.5 Å². The van der Waals surface area contributed by atoms with Gasteiger partial charge in [0.25, 0.3) is 0 Å². The third-order valence-electron chi connectivity index (χ3n) is 4.37. The molecule has 0 saturated heterocycles. The molecular formula is C19H18F3N3O3S. The Morgan fingerprint density at radius 3 is 2.62 bits per heavy atom. The fourth-order valence-corrected chi connectivity index (χ4v) is 3.73. The Kier molecular flexibility index (Phi) is 6.41. The molecule has 0 bridgehead atoms. The predicted octanol–water partition coefficient (Wildman–Crippen LogP) is 3.89. The standard InChI is InChI=1S/C19H18F3N3O3S/c1-28-17(27)12-7-3-5-9-14(12)23-15(26)10-29-18-24-13-8-4-2-6-11(13)16(25-18)19(20,21)22/h3,5,7,9H,2,4,6,8,10H2,1H3,(H,23,26). The summed E-state index contributed by atoms with van der Waals surface area (Å²) in [6, 6.07) is 6.29. The number of nitrogens with one attached hydrogen (secondary N) is 1. The number of methoxy groups -OCH3 is 1. The van der Waals surface area contributed by atoms with Gasteiger partial charge in [0.1, 0.15) is 0 Å². The third-order valence-corrected chi connectivity index (χ3v) is 5.22. The van der Waals surface area contributed by atoms with Crippen LogP contribution in [-0.4, -0.2) is 34.7 Å². The molecule has 3 rings (SSSR count). The molecule has 0 atom stereocenters. The number of esters is 1. The smallest absolute Gasteiger partial charge is 0.433 e. The van der Waals surface area contributed by atoms with Gasteiger partial charge < -0.3 is 10.1 Å². The number of benzene rings is 1. The normalized spacial score (nSPS) is 13.5. The first-order valence-electron chi connectivity index (χ1n) is 8.86. The number of hydrogen-bond donors (Lipinski definition) is 1. The van der Waals surface area contributed by atoms with Crippen molar-refractivity contribution in [1.29, 1.82) is 0 Å². The highest BCUT2D eigenvalue weighted by atomic mass is 32.2. The number of ether oxygens (including phenoxy) is 1. The van der Waals surface area contributed by atoms with Gasteiger partial charge >= 0.3 is 12.1 Å². The Labute approximate surface area is 169 Å². The van der Waals surface area contributed by atoms with Gasteiger partial charge in [-0.1, -0.05) is 23.9 Å². The second-order valence-electron chi connectivity index (χ2n) is 6.36. The van der Waals surface area contributed by atoms with E-state index in [1.54, 1.807) is 12.1 Å². The van der Waals surface area contributed by atoms with Crippen molar-refractivity contribution in [1.82, 2.24) is 9.97 Å². The lowest BCUT2D eigenvalue weighted by Crippen LogP contribution is -2.20. The van der Waals surface area contributed by atoms with Gasteiger partial charge in [0.05, 0.1) is 24.1 Å². The largest absolute Gasteiger partial charge is 0.465 e. The number of carbonyl (C=O) groups is 2. The van der Waals surface area contributed by atoms with E-state index in [0.29, 0.717) is 25.0 Å². The number of para-hydroxylation sites is 1. The van der Waals surface area contributed by atoms with Crippen LogP contribution in [0, 0.1) is 0 Å². The molecule has 2 aromatic rings. The highest BCUT2D eigenvalue weighted by Gasteiger charge is 2.38. The molecule has 1 aliphatic rings. The van der Waals surface area contributed by atoms with E-state index in [1.165, 1.54) is 19.2 Å². The summed E-state index contributed by atoms with van der Waals surface area (Å²) in [5.41, 5.74) is 0.0771. The van der Waals surface area contributed by atoms with E-state index < -0.39 is 23.7 Å². The van der Waals surface area contributed by atoms with Crippen molar-refractivity contribution in [2.45, 2.75) is 37.0 Å². The first-order chi connectivity index (χ1) is 13.8. The number of anilines is 1. The molecule has 1 amide bonds. The molecule has 0 spiro atoms. The summed E-state index contributed by atoms with van der Waals surface area (Å²) in [4.78, 5) is 31.9. The molecule has 10 heteroatoms. The zero-order valence-corrected chi connectivity index (χ0v) is 16.3. The SMILES string of the molecule is COC(=O)c1ccccc1NC(=O)CSc1nc2c(c(C(F)(F)F)n1)CCCC2. The Morgan fingerprint density at radius 1 is 1.17 bits per heavy atom. The molecule has 1 aromatic carbocycles. The second kappa shape index (κ2) is 8.81. The van der Waals surface area contributed by atoms with Crippen molar-refractivity contribution in [2.75, 3.05) is 18.2 Å². The molecule has 1 N–H and O–H groups in total. The maximum absolute atomic E-state index is 13.4. The lowest BCUT2D eigenvalue weighted by atomic mass is 9.94. The average Bonchev–Trinajstić information content (AvgIpc) is 2.70. The van der Waals surface area contributed by atoms with Gasteiger partial charge in [-0.2, -0.15) is 13.2 Å². The number of thioether (sulfide) groups is 1. The van der Waals surface area contributed by atoms with Crippen LogP contribution < -0.4 is 5.32 Å². The summed E-state index contributed by atoms with van der Waals surface area (Å²) in [6.07, 6.45) is -2.35. The van der Waals surface area contributed by atoms with E-state index in [1.807, 2.05) is 0 Å². The number of aromatic nitrogens is 2. The summed E-state index contributed by atoms with van der Waals surface area (Å²) >= 11 is 0.820. The first-order valence-corrected chi connectivity index (χ1v) is 9.85. The lowest BCUT2D eigenvalue weighted by molar-refractivity contribution is -0.142. The van der Waals surface area contributed by atoms with E-state index >= 15 is 0 Å². The molecule has 1 aromatic heterocycles. The monoisotopic (exact) mass is 425 g/mol. The number of alkyl halides is 3. The van der Waals surface area contributed by atoms with Crippen molar-refractivity contribution in [2.24, 2.45) is 0 Å². The van der Waals surface area contributed by atoms with Crippen LogP contribution in [0.1, 0.15) is 40.2 Å². The molecule has 6 nitrogen and oxygen atoms in total. The summed E-state index contributed by atoms with van der Waals surface area (Å²) in [5.74, 6) is -1.31. The van der Waals surface area contributed by atoms with E-state index in [-0.39, 0.29) is 27.7 Å². The molecule has 1 aliphatic carbocycles. The van der Waals surface area contributed by atoms with Crippen LogP contribution in [0.3, 0.4) is 0 Å². The average molecular weight is 425 g/mol. The fraction of sp³-hybridized carbons (Fsp3) is 0.368. The summed E-state index contributed by atoms with van der Waals surface area (Å²) < 4.78 is 44.8. The number of rotatable bonds is 5. The summed E-state index contributed by atoms with van der Waals surface area (Å²) in [5, 5.41) is 2.48. The van der Waals surface area contributed by atoms with Gasteiger partial charge in [-0.3, -0.25) is 4.79 Å². The number of halogens is 3. The van der Waals surface area contributed by atoms with Crippen molar-refractivity contribution >= 4 is 29.3 Å². The van der Waals surface area contributed by atoms with Gasteiger partial charge in [0, 0.05) is 11.3 Å². The van der Waals surface area contributed by atoms with Crippen LogP contribution in [0.4, 0.5) is 18.9 Å². The van der Waals surface area contributed by atoms with Gasteiger partial charge in [-0.05, 0) is 37.8 Å². The van der Waals surface area contributed by atoms with Gasteiger partial charge in [-0.25, -0.2) is 14.8 Å². The van der Waals surface area contributed by atoms with Crippen LogP contribution in [0.5, 0.6) is 0 Å². The zero-order chi connectivity index (χ0) is 21.0. The van der Waals surface area contributed by atoms with Gasteiger partial charge in [0.15, 0.2) is 10.9 Å². The summed E-state index contributed by atoms with van der Waals surface area (Å²) in [7, 11) is 1.22. The zero-order valence-electron chi connectivity index (χ0n) is 15.5. The van der Waals surface area contributed by atoms with E-state index in [0.717, 1.165) is 18.2 Å². The molecular weight excluding hydrogens is 407 g/mol. The molecule has 0 saturated carbocycles. The number of amides is 1. The molecule has 29 heavy (non-hydrogen) atoms. The molecule has 0 aliphatic heterocycles. The Morgan fingerprint density at radius 2 is 1.90 bits per heavy atom. The Balaban J connectivity index is 1.74. The van der Waals surface area contributed by atoms with Gasteiger partial charge in [-0.15, -0.1) is 0 Å². The van der Waals surface area contributed by atoms with Gasteiger partial charge in [0.2, 0.25) is 5.91 Å². The minimum atomic E-state index is -4.57. The minimum Gasteiger partial charge on any atom is -0.465 e. The van der Waals surface area contributed by atoms with E-state index in [9.17, 15) is 22.8 Å². The number of nitrogens with zero attached hydrogens (tertiary/aromatic N) is 2. The van der Waals surface area contributed by atoms with Crippen molar-refractivity contribution < 1.29 is 27.5 Å². The fourth-order valence-electron chi connectivity index (χ4n) is 3.07. The van der Waals surface area contributed by atoms with Crippen LogP contribution in [0.2, 0.25) is 0 Å². The topological polar surface area (TPSA) is 81.2 Å². The van der Waals surface area contributed by atoms with Crippen molar-refractivity contribution in [3.8, 4) is 0 Å². The maximum Gasteiger partial charge on any atom is 0.433 e. The second-order valence-corrected chi connectivity index (χ2v) is 7.30. The first kappa shape index (κ1) is 21.1. The number of carbonyl (C=O) groups excluding carboxylic acids is 2. The Bertz CT molecular complexity index is 935. The van der Waals surface area contributed by atoms with Crippen LogP contribution in [0.25, 0.3) is 0 Å². The number of aryl methyl sites for hydroxylation is 1. The Hall–Kier alpha value is -2.62. The van der Waals surface area contributed by atoms with Crippen molar-refractivity contribution in [3.63, 3.8) is 0 Å². The van der Waals surface area contributed by atoms with Crippen LogP contribution >= 0.6 is 11.8 Å². The highest BCUT2D eigenvalue weighted by molar-refractivity contribution is 7.99. The third kappa shape index (κ3) is 5.06. The quantitative estimate of drug-likeness (QED) is 0.445. The molecule has 0 unspecified atom stereocenters. The lowest BCUT2D eigenvalue weighted by Gasteiger charge is -2.20. The maximum atomic E-state index is 13.4. The highest BCUT2D eigenvalue weighted by Crippen LogP contribution is 2.35. The number of fused-ring (bicyclic) bond motifs is 1. The molecule has 1 heterocycles. The van der Waals surface area contributed by atoms with E-state index in [2.05, 4.69) is 20.0 Å². The van der Waals surface area contributed by atoms with Crippen LogP contribution in [0.15, 0.2) is 29.4 Å². The number of hydrogen-bond acceptors (Lipinski definition) is 6. The molecule has 0 fully saturated rings. The van der Waals surface area contributed by atoms with Crippen molar-refractivity contribution in [3.05, 3.63) is 46.8 Å². The summed E-state index contributed by atoms with van der Waals surface area (Å²) in [6.45, 7) is 0.